The molecule has 0 amide bonds. The Morgan fingerprint density at radius 2 is 2.53 bits per heavy atom. The summed E-state index contributed by atoms with van der Waals surface area (Å²) in [5.41, 5.74) is 6.90. The largest absolute Gasteiger partial charge is 0.381 e. The maximum absolute atomic E-state index is 8.90. The van der Waals surface area contributed by atoms with E-state index in [1.807, 2.05) is 11.8 Å². The smallest absolute Gasteiger partial charge is 0.163 e. The summed E-state index contributed by atoms with van der Waals surface area (Å²) >= 11 is 1.93. The van der Waals surface area contributed by atoms with E-state index in [9.17, 15) is 0 Å². The van der Waals surface area contributed by atoms with Gasteiger partial charge in [0, 0.05) is 30.5 Å². The number of aromatic amines is 1. The molecule has 2 rings (SSSR count). The Bertz CT molecular complexity index is 374. The molecule has 0 spiro atoms. The number of nitriles is 1. The predicted octanol–water partition coefficient (Wildman–Crippen LogP) is 0.111. The minimum absolute atomic E-state index is 0.302. The van der Waals surface area contributed by atoms with E-state index in [4.69, 9.17) is 11.0 Å². The van der Waals surface area contributed by atoms with Gasteiger partial charge in [0.15, 0.2) is 5.82 Å². The van der Waals surface area contributed by atoms with E-state index in [1.165, 1.54) is 0 Å². The topological polar surface area (TPSA) is 90.5 Å². The van der Waals surface area contributed by atoms with Crippen molar-refractivity contribution in [3.63, 3.8) is 0 Å². The van der Waals surface area contributed by atoms with Crippen LogP contribution in [0, 0.1) is 11.3 Å². The van der Waals surface area contributed by atoms with Crippen molar-refractivity contribution in [3.05, 3.63) is 11.3 Å². The average molecular weight is 223 g/mol. The van der Waals surface area contributed by atoms with Crippen LogP contribution < -0.4 is 11.1 Å². The van der Waals surface area contributed by atoms with Crippen molar-refractivity contribution in [1.82, 2.24) is 15.5 Å². The summed E-state index contributed by atoms with van der Waals surface area (Å²) in [6, 6.07) is 2.49. The fourth-order valence-corrected chi connectivity index (χ4v) is 2.61. The van der Waals surface area contributed by atoms with Crippen molar-refractivity contribution >= 4 is 17.6 Å². The van der Waals surface area contributed by atoms with Crippen LogP contribution in [-0.2, 0) is 6.42 Å². The van der Waals surface area contributed by atoms with E-state index in [1.54, 1.807) is 0 Å². The van der Waals surface area contributed by atoms with E-state index in [0.29, 0.717) is 17.4 Å². The molecule has 1 aliphatic heterocycles. The maximum atomic E-state index is 8.90. The lowest BCUT2D eigenvalue weighted by molar-refractivity contribution is 0.556. The van der Waals surface area contributed by atoms with Crippen molar-refractivity contribution in [2.24, 2.45) is 0 Å². The summed E-state index contributed by atoms with van der Waals surface area (Å²) < 4.78 is 0. The van der Waals surface area contributed by atoms with Gasteiger partial charge in [0.2, 0.25) is 0 Å². The van der Waals surface area contributed by atoms with Crippen LogP contribution in [0.1, 0.15) is 11.3 Å². The second-order valence-electron chi connectivity index (χ2n) is 3.50. The van der Waals surface area contributed by atoms with Crippen LogP contribution in [-0.4, -0.2) is 34.3 Å². The Morgan fingerprint density at radius 3 is 3.20 bits per heavy atom. The Kier molecular flexibility index (Phi) is 3.14. The van der Waals surface area contributed by atoms with Crippen LogP contribution in [0.25, 0.3) is 0 Å². The molecule has 1 saturated heterocycles. The zero-order valence-electron chi connectivity index (χ0n) is 8.29. The van der Waals surface area contributed by atoms with Crippen molar-refractivity contribution in [1.29, 1.82) is 5.26 Å². The summed E-state index contributed by atoms with van der Waals surface area (Å²) in [7, 11) is 0. The Hall–Kier alpha value is -1.19. The van der Waals surface area contributed by atoms with Gasteiger partial charge in [-0.15, -0.1) is 0 Å². The number of hydrogen-bond acceptors (Lipinski definition) is 5. The van der Waals surface area contributed by atoms with Gasteiger partial charge in [-0.3, -0.25) is 5.10 Å². The van der Waals surface area contributed by atoms with Crippen LogP contribution in [0.3, 0.4) is 0 Å². The molecule has 15 heavy (non-hydrogen) atoms. The minimum Gasteiger partial charge on any atom is -0.381 e. The highest BCUT2D eigenvalue weighted by atomic mass is 32.2. The molecule has 0 aliphatic carbocycles. The van der Waals surface area contributed by atoms with Gasteiger partial charge in [-0.1, -0.05) is 0 Å². The van der Waals surface area contributed by atoms with Crippen molar-refractivity contribution in [2.45, 2.75) is 12.5 Å². The van der Waals surface area contributed by atoms with Gasteiger partial charge in [-0.05, 0) is 0 Å². The first-order valence-corrected chi connectivity index (χ1v) is 6.00. The summed E-state index contributed by atoms with van der Waals surface area (Å²) in [6.07, 6.45) is 0.792. The molecular formula is C9H13N5S. The highest BCUT2D eigenvalue weighted by molar-refractivity contribution is 7.99. The van der Waals surface area contributed by atoms with Gasteiger partial charge in [0.05, 0.1) is 5.69 Å². The lowest BCUT2D eigenvalue weighted by atomic mass is 10.1. The number of hydrogen-bond donors (Lipinski definition) is 3. The Morgan fingerprint density at radius 1 is 1.67 bits per heavy atom. The van der Waals surface area contributed by atoms with Crippen LogP contribution in [0.15, 0.2) is 0 Å². The molecule has 0 bridgehead atoms. The molecule has 0 radical (unpaired) electrons. The predicted molar refractivity (Wildman–Crippen MR) is 60.5 cm³/mol. The molecule has 0 aromatic carbocycles. The van der Waals surface area contributed by atoms with Crippen LogP contribution >= 0.6 is 11.8 Å². The number of rotatable bonds is 2. The molecule has 1 aromatic rings. The zero-order valence-corrected chi connectivity index (χ0v) is 9.10. The van der Waals surface area contributed by atoms with Gasteiger partial charge in [0.25, 0.3) is 0 Å². The van der Waals surface area contributed by atoms with Gasteiger partial charge >= 0.3 is 0 Å². The molecular weight excluding hydrogens is 210 g/mol. The molecule has 0 saturated carbocycles. The molecule has 2 heterocycles. The number of nitrogens with two attached hydrogens (primary N) is 1. The van der Waals surface area contributed by atoms with Gasteiger partial charge < -0.3 is 11.1 Å². The molecule has 1 atom stereocenters. The summed E-state index contributed by atoms with van der Waals surface area (Å²) in [6.45, 7) is 1.03. The lowest BCUT2D eigenvalue weighted by Crippen LogP contribution is -2.39. The van der Waals surface area contributed by atoms with Crippen LogP contribution in [0.5, 0.6) is 0 Å². The van der Waals surface area contributed by atoms with Crippen LogP contribution in [0.2, 0.25) is 0 Å². The molecule has 1 fully saturated rings. The monoisotopic (exact) mass is 223 g/mol. The molecule has 1 unspecified atom stereocenters. The summed E-state index contributed by atoms with van der Waals surface area (Å²) in [5.74, 6) is 2.53. The number of nitrogens with one attached hydrogen (secondary N) is 2. The van der Waals surface area contributed by atoms with Crippen molar-refractivity contribution in [2.75, 3.05) is 23.8 Å². The zero-order chi connectivity index (χ0) is 10.7. The Labute approximate surface area is 92.4 Å². The van der Waals surface area contributed by atoms with Gasteiger partial charge in [-0.2, -0.15) is 22.1 Å². The minimum atomic E-state index is 0.302. The van der Waals surface area contributed by atoms with Gasteiger partial charge in [0.1, 0.15) is 11.6 Å². The molecule has 4 N–H and O–H groups in total. The fraction of sp³-hybridized carbons (Fsp3) is 0.556. The average Bonchev–Trinajstić information content (AvgIpc) is 2.61. The highest BCUT2D eigenvalue weighted by Crippen LogP contribution is 2.16. The molecule has 6 heteroatoms. The number of thioether (sulfide) groups is 1. The van der Waals surface area contributed by atoms with Gasteiger partial charge in [-0.25, -0.2) is 0 Å². The summed E-state index contributed by atoms with van der Waals surface area (Å²) in [4.78, 5) is 0. The van der Waals surface area contributed by atoms with Crippen molar-refractivity contribution in [3.8, 4) is 6.07 Å². The Balaban J connectivity index is 2.06. The number of aromatic nitrogens is 2. The third-order valence-electron chi connectivity index (χ3n) is 2.43. The summed E-state index contributed by atoms with van der Waals surface area (Å²) in [5, 5.41) is 19.0. The maximum Gasteiger partial charge on any atom is 0.163 e. The normalized spacial score (nSPS) is 21.1. The molecule has 1 aliphatic rings. The highest BCUT2D eigenvalue weighted by Gasteiger charge is 2.18. The van der Waals surface area contributed by atoms with Crippen LogP contribution in [0.4, 0.5) is 5.82 Å². The number of H-pyrrole nitrogens is 1. The lowest BCUT2D eigenvalue weighted by Gasteiger charge is -2.22. The van der Waals surface area contributed by atoms with E-state index in [0.717, 1.165) is 30.2 Å². The number of nitrogen functional groups attached to an aromatic ring is 1. The standard InChI is InChI=1S/C9H13N5S/c10-4-7-8(13-14-9(7)11)3-6-5-15-2-1-12-6/h6,12H,1-3,5H2,(H3,11,13,14). The first-order valence-electron chi connectivity index (χ1n) is 4.85. The first kappa shape index (κ1) is 10.3. The first-order chi connectivity index (χ1) is 7.31. The fourth-order valence-electron chi connectivity index (χ4n) is 1.66. The SMILES string of the molecule is N#Cc1c(N)n[nH]c1CC1CSCCN1. The second-order valence-corrected chi connectivity index (χ2v) is 4.65. The number of anilines is 1. The third kappa shape index (κ3) is 2.25. The van der Waals surface area contributed by atoms with Crippen molar-refractivity contribution < 1.29 is 0 Å². The third-order valence-corrected chi connectivity index (χ3v) is 3.56. The van der Waals surface area contributed by atoms with E-state index < -0.39 is 0 Å². The number of nitrogens with zero attached hydrogens (tertiary/aromatic N) is 2. The van der Waals surface area contributed by atoms with E-state index >= 15 is 0 Å². The van der Waals surface area contributed by atoms with E-state index in [2.05, 4.69) is 21.6 Å². The molecule has 5 nitrogen and oxygen atoms in total. The second kappa shape index (κ2) is 4.55. The molecule has 1 aromatic heterocycles. The molecule has 80 valence electrons. The quantitative estimate of drug-likeness (QED) is 0.662. The van der Waals surface area contributed by atoms with E-state index in [-0.39, 0.29) is 0 Å².